The number of hydrogen-bond acceptors (Lipinski definition) is 4. The molecule has 5 nitrogen and oxygen atoms in total. The zero-order valence-corrected chi connectivity index (χ0v) is 12.9. The minimum Gasteiger partial charge on any atom is -0.507 e. The lowest BCUT2D eigenvalue weighted by Crippen LogP contribution is -2.24. The Morgan fingerprint density at radius 3 is 2.70 bits per heavy atom. The van der Waals surface area contributed by atoms with E-state index in [1.165, 1.54) is 13.2 Å². The molecule has 0 spiro atoms. The Kier molecular flexibility index (Phi) is 7.08. The lowest BCUT2D eigenvalue weighted by Gasteiger charge is -2.07. The van der Waals surface area contributed by atoms with Crippen molar-refractivity contribution in [3.63, 3.8) is 0 Å². The van der Waals surface area contributed by atoms with Gasteiger partial charge in [0.1, 0.15) is 5.75 Å². The Balaban J connectivity index is 2.25. The van der Waals surface area contributed by atoms with Crippen LogP contribution in [0, 0.1) is 0 Å². The first kappa shape index (κ1) is 16.5. The molecular weight excluding hydrogens is 326 g/mol. The number of amides is 1. The average molecular weight is 344 g/mol. The molecule has 1 rings (SSSR count). The summed E-state index contributed by atoms with van der Waals surface area (Å²) in [5.74, 6) is -0.570. The topological polar surface area (TPSA) is 75.6 Å². The summed E-state index contributed by atoms with van der Waals surface area (Å²) in [4.78, 5) is 22.7. The van der Waals surface area contributed by atoms with Crippen molar-refractivity contribution < 1.29 is 19.4 Å². The summed E-state index contributed by atoms with van der Waals surface area (Å²) in [5.41, 5.74) is 0.253. The quantitative estimate of drug-likeness (QED) is 0.589. The fourth-order valence-corrected chi connectivity index (χ4v) is 2.02. The third-order valence-electron chi connectivity index (χ3n) is 2.78. The number of halogens is 1. The lowest BCUT2D eigenvalue weighted by atomic mass is 10.1. The van der Waals surface area contributed by atoms with Crippen molar-refractivity contribution in [1.29, 1.82) is 0 Å². The van der Waals surface area contributed by atoms with Gasteiger partial charge in [-0.1, -0.05) is 22.4 Å². The average Bonchev–Trinajstić information content (AvgIpc) is 2.42. The van der Waals surface area contributed by atoms with Gasteiger partial charge in [0, 0.05) is 17.4 Å². The molecule has 0 radical (unpaired) electrons. The fraction of sp³-hybridized carbons (Fsp3) is 0.429. The van der Waals surface area contributed by atoms with Crippen molar-refractivity contribution in [2.45, 2.75) is 25.7 Å². The van der Waals surface area contributed by atoms with E-state index in [9.17, 15) is 14.7 Å². The van der Waals surface area contributed by atoms with Crippen LogP contribution in [0.3, 0.4) is 0 Å². The molecule has 0 aliphatic heterocycles. The lowest BCUT2D eigenvalue weighted by molar-refractivity contribution is -0.140. The Hall–Kier alpha value is -1.56. The number of benzene rings is 1. The van der Waals surface area contributed by atoms with Crippen molar-refractivity contribution in [3.8, 4) is 5.75 Å². The first-order valence-electron chi connectivity index (χ1n) is 6.38. The number of rotatable bonds is 7. The van der Waals surface area contributed by atoms with Gasteiger partial charge in [-0.05, 0) is 31.0 Å². The third kappa shape index (κ3) is 5.61. The summed E-state index contributed by atoms with van der Waals surface area (Å²) in [6, 6.07) is 4.74. The van der Waals surface area contributed by atoms with Gasteiger partial charge in [0.15, 0.2) is 0 Å². The number of esters is 1. The number of phenolic OH excluding ortho intramolecular Hbond substituents is 1. The van der Waals surface area contributed by atoms with Gasteiger partial charge in [0.25, 0.3) is 5.91 Å². The molecule has 1 aromatic rings. The third-order valence-corrected chi connectivity index (χ3v) is 3.27. The summed E-state index contributed by atoms with van der Waals surface area (Å²) in [5, 5.41) is 12.4. The van der Waals surface area contributed by atoms with Gasteiger partial charge >= 0.3 is 5.97 Å². The second kappa shape index (κ2) is 8.58. The number of ether oxygens (including phenoxy) is 1. The largest absolute Gasteiger partial charge is 0.507 e. The van der Waals surface area contributed by atoms with Crippen molar-refractivity contribution in [3.05, 3.63) is 28.2 Å². The van der Waals surface area contributed by atoms with E-state index in [1.54, 1.807) is 12.1 Å². The summed E-state index contributed by atoms with van der Waals surface area (Å²) in [6.45, 7) is 0.509. The van der Waals surface area contributed by atoms with Crippen LogP contribution in [0.4, 0.5) is 0 Å². The molecule has 1 aromatic carbocycles. The highest BCUT2D eigenvalue weighted by Crippen LogP contribution is 2.22. The first-order chi connectivity index (χ1) is 9.54. The van der Waals surface area contributed by atoms with Crippen LogP contribution in [-0.2, 0) is 9.53 Å². The van der Waals surface area contributed by atoms with Gasteiger partial charge < -0.3 is 15.2 Å². The van der Waals surface area contributed by atoms with Crippen LogP contribution in [0.25, 0.3) is 0 Å². The fourth-order valence-electron chi connectivity index (χ4n) is 1.67. The number of carbonyl (C=O) groups is 2. The highest BCUT2D eigenvalue weighted by molar-refractivity contribution is 9.10. The number of nitrogens with one attached hydrogen (secondary N) is 1. The van der Waals surface area contributed by atoms with Crippen molar-refractivity contribution in [1.82, 2.24) is 5.32 Å². The number of phenols is 1. The maximum absolute atomic E-state index is 11.8. The predicted octanol–water partition coefficient (Wildman–Crippen LogP) is 2.62. The molecule has 0 unspecified atom stereocenters. The van der Waals surface area contributed by atoms with E-state index in [0.717, 1.165) is 23.7 Å². The summed E-state index contributed by atoms with van der Waals surface area (Å²) in [7, 11) is 1.37. The number of hydrogen-bond donors (Lipinski definition) is 2. The summed E-state index contributed by atoms with van der Waals surface area (Å²) in [6.07, 6.45) is 2.76. The molecule has 0 fully saturated rings. The zero-order chi connectivity index (χ0) is 15.0. The second-order valence-corrected chi connectivity index (χ2v) is 5.22. The molecule has 0 aromatic heterocycles. The molecule has 2 N–H and O–H groups in total. The van der Waals surface area contributed by atoms with Gasteiger partial charge in [0.05, 0.1) is 12.7 Å². The number of methoxy groups -OCH3 is 1. The second-order valence-electron chi connectivity index (χ2n) is 4.30. The standard InChI is InChI=1S/C14H18BrNO4/c1-20-13(18)5-3-2-4-8-16-14(19)11-7-6-10(15)9-12(11)17/h6-7,9,17H,2-5,8H2,1H3,(H,16,19). The Labute approximate surface area is 126 Å². The van der Waals surface area contributed by atoms with Crippen LogP contribution in [-0.4, -0.2) is 30.6 Å². The Morgan fingerprint density at radius 1 is 1.30 bits per heavy atom. The van der Waals surface area contributed by atoms with Crippen LogP contribution in [0.15, 0.2) is 22.7 Å². The van der Waals surface area contributed by atoms with Gasteiger partial charge in [-0.3, -0.25) is 9.59 Å². The SMILES string of the molecule is COC(=O)CCCCCNC(=O)c1ccc(Br)cc1O. The molecule has 20 heavy (non-hydrogen) atoms. The normalized spacial score (nSPS) is 10.1. The molecule has 1 amide bonds. The highest BCUT2D eigenvalue weighted by Gasteiger charge is 2.10. The van der Waals surface area contributed by atoms with E-state index in [1.807, 2.05) is 0 Å². The molecule has 110 valence electrons. The van der Waals surface area contributed by atoms with Crippen molar-refractivity contribution in [2.75, 3.05) is 13.7 Å². The minimum absolute atomic E-state index is 0.0532. The smallest absolute Gasteiger partial charge is 0.305 e. The molecule has 0 bridgehead atoms. The molecular formula is C14H18BrNO4. The van der Waals surface area contributed by atoms with Gasteiger partial charge in [-0.25, -0.2) is 0 Å². The number of carbonyl (C=O) groups excluding carboxylic acids is 2. The Bertz CT molecular complexity index is 476. The number of aromatic hydroxyl groups is 1. The summed E-state index contributed by atoms with van der Waals surface area (Å²) >= 11 is 3.21. The molecule has 0 aliphatic rings. The number of unbranched alkanes of at least 4 members (excludes halogenated alkanes) is 2. The van der Waals surface area contributed by atoms with Crippen LogP contribution in [0.2, 0.25) is 0 Å². The molecule has 6 heteroatoms. The van der Waals surface area contributed by atoms with Gasteiger partial charge in [-0.2, -0.15) is 0 Å². The van der Waals surface area contributed by atoms with E-state index in [0.29, 0.717) is 13.0 Å². The highest BCUT2D eigenvalue weighted by atomic mass is 79.9. The van der Waals surface area contributed by atoms with Gasteiger partial charge in [-0.15, -0.1) is 0 Å². The summed E-state index contributed by atoms with van der Waals surface area (Å²) < 4.78 is 5.25. The van der Waals surface area contributed by atoms with E-state index in [2.05, 4.69) is 26.0 Å². The van der Waals surface area contributed by atoms with E-state index < -0.39 is 0 Å². The van der Waals surface area contributed by atoms with Gasteiger partial charge in [0.2, 0.25) is 0 Å². The predicted molar refractivity (Wildman–Crippen MR) is 78.6 cm³/mol. The van der Waals surface area contributed by atoms with E-state index >= 15 is 0 Å². The van der Waals surface area contributed by atoms with E-state index in [4.69, 9.17) is 0 Å². The van der Waals surface area contributed by atoms with Crippen LogP contribution >= 0.6 is 15.9 Å². The van der Waals surface area contributed by atoms with Crippen LogP contribution in [0.1, 0.15) is 36.0 Å². The molecule has 0 atom stereocenters. The minimum atomic E-state index is -0.303. The Morgan fingerprint density at radius 2 is 2.05 bits per heavy atom. The van der Waals surface area contributed by atoms with Crippen molar-refractivity contribution in [2.24, 2.45) is 0 Å². The van der Waals surface area contributed by atoms with Crippen LogP contribution in [0.5, 0.6) is 5.75 Å². The molecule has 0 aliphatic carbocycles. The maximum Gasteiger partial charge on any atom is 0.305 e. The van der Waals surface area contributed by atoms with E-state index in [-0.39, 0.29) is 23.2 Å². The molecule has 0 heterocycles. The zero-order valence-electron chi connectivity index (χ0n) is 11.3. The maximum atomic E-state index is 11.8. The van der Waals surface area contributed by atoms with Crippen LogP contribution < -0.4 is 5.32 Å². The molecule has 0 saturated heterocycles. The van der Waals surface area contributed by atoms with Crippen molar-refractivity contribution >= 4 is 27.8 Å². The first-order valence-corrected chi connectivity index (χ1v) is 7.17. The monoisotopic (exact) mass is 343 g/mol. The molecule has 0 saturated carbocycles.